The molecule has 3 aromatic carbocycles. The van der Waals surface area contributed by atoms with Gasteiger partial charge in [-0.3, -0.25) is 0 Å². The zero-order valence-electron chi connectivity index (χ0n) is 45.6. The Balaban J connectivity index is 0.000000276. The van der Waals surface area contributed by atoms with Gasteiger partial charge in [-0.1, -0.05) is 254 Å². The van der Waals surface area contributed by atoms with Crippen LogP contribution in [-0.2, 0) is 38.5 Å². The lowest BCUT2D eigenvalue weighted by Gasteiger charge is -2.30. The van der Waals surface area contributed by atoms with Crippen molar-refractivity contribution in [1.29, 1.82) is 0 Å². The lowest BCUT2D eigenvalue weighted by atomic mass is 9.81. The standard InChI is InChI=1S/3C22H35N.CH4/c3*1-3-5-6-7-8-9-11-19-13-15-20(16-14-19)18-21-12-10-17-22(21,23)4-2;/h12-16H,3-11,17-18,23H2,1-2H3;10,13-17,21H,3-9,11-12,18,23H2,1-2H3;10,12-16,21H,3-9,11,17-18,23H2,1-2H3;1H4. The van der Waals surface area contributed by atoms with Crippen LogP contribution in [0.5, 0.6) is 0 Å². The summed E-state index contributed by atoms with van der Waals surface area (Å²) >= 11 is 0. The molecule has 0 fully saturated rings. The Labute approximate surface area is 433 Å². The molecule has 0 aliphatic heterocycles. The van der Waals surface area contributed by atoms with Gasteiger partial charge >= 0.3 is 0 Å². The van der Waals surface area contributed by atoms with Crippen LogP contribution in [0.3, 0.4) is 0 Å². The smallest absolute Gasteiger partial charge is 0.0372 e. The van der Waals surface area contributed by atoms with E-state index in [1.165, 1.54) is 174 Å². The van der Waals surface area contributed by atoms with Crippen LogP contribution in [0.15, 0.2) is 109 Å². The lowest BCUT2D eigenvalue weighted by molar-refractivity contribution is 0.330. The van der Waals surface area contributed by atoms with Crippen molar-refractivity contribution in [2.75, 3.05) is 0 Å². The average molecular weight is 957 g/mol. The molecule has 0 radical (unpaired) electrons. The molecule has 3 aromatic rings. The highest BCUT2D eigenvalue weighted by Gasteiger charge is 2.35. The first kappa shape index (κ1) is 61.1. The minimum atomic E-state index is -0.0862. The molecule has 3 heteroatoms. The predicted octanol–water partition coefficient (Wildman–Crippen LogP) is 18.2. The molecule has 0 amide bonds. The summed E-state index contributed by atoms with van der Waals surface area (Å²) in [7, 11) is 0. The number of unbranched alkanes of at least 4 members (excludes halogenated alkanes) is 15. The van der Waals surface area contributed by atoms with Gasteiger partial charge in [-0.05, 0) is 148 Å². The zero-order chi connectivity index (χ0) is 49.6. The van der Waals surface area contributed by atoms with Crippen molar-refractivity contribution in [3.05, 3.63) is 142 Å². The fourth-order valence-corrected chi connectivity index (χ4v) is 11.1. The Morgan fingerprint density at radius 2 is 0.900 bits per heavy atom. The first-order valence-electron chi connectivity index (χ1n) is 29.2. The summed E-state index contributed by atoms with van der Waals surface area (Å²) < 4.78 is 0. The molecule has 0 aromatic heterocycles. The van der Waals surface area contributed by atoms with Gasteiger partial charge in [0.15, 0.2) is 0 Å². The average Bonchev–Trinajstić information content (AvgIpc) is 4.06. The van der Waals surface area contributed by atoms with E-state index in [-0.39, 0.29) is 24.0 Å². The monoisotopic (exact) mass is 956 g/mol. The fraction of sp³-hybridized carbons (Fsp3) is 0.642. The van der Waals surface area contributed by atoms with Gasteiger partial charge in [0.1, 0.15) is 0 Å². The fourth-order valence-electron chi connectivity index (χ4n) is 11.1. The number of benzene rings is 3. The third kappa shape index (κ3) is 21.5. The van der Waals surface area contributed by atoms with Crippen molar-refractivity contribution in [2.24, 2.45) is 29.0 Å². The van der Waals surface area contributed by atoms with Crippen LogP contribution in [0, 0.1) is 11.8 Å². The Bertz CT molecular complexity index is 1870. The molecule has 3 aliphatic carbocycles. The van der Waals surface area contributed by atoms with Crippen LogP contribution in [0.4, 0.5) is 0 Å². The van der Waals surface area contributed by atoms with Gasteiger partial charge in [0, 0.05) is 16.6 Å². The van der Waals surface area contributed by atoms with Gasteiger partial charge < -0.3 is 17.2 Å². The number of rotatable bonds is 30. The maximum Gasteiger partial charge on any atom is 0.0372 e. The molecule has 6 N–H and O–H groups in total. The van der Waals surface area contributed by atoms with Gasteiger partial charge in [0.2, 0.25) is 0 Å². The molecule has 3 nitrogen and oxygen atoms in total. The summed E-state index contributed by atoms with van der Waals surface area (Å²) in [6.45, 7) is 13.5. The summed E-state index contributed by atoms with van der Waals surface area (Å²) in [5.74, 6) is 1.06. The van der Waals surface area contributed by atoms with Crippen LogP contribution < -0.4 is 17.2 Å². The van der Waals surface area contributed by atoms with Gasteiger partial charge in [0.05, 0.1) is 0 Å². The quantitative estimate of drug-likeness (QED) is 0.0460. The van der Waals surface area contributed by atoms with E-state index in [0.29, 0.717) is 11.8 Å². The van der Waals surface area contributed by atoms with Crippen LogP contribution in [0.2, 0.25) is 0 Å². The minimum absolute atomic E-state index is 0. The van der Waals surface area contributed by atoms with E-state index >= 15 is 0 Å². The third-order valence-electron chi connectivity index (χ3n) is 16.6. The van der Waals surface area contributed by atoms with Crippen molar-refractivity contribution >= 4 is 0 Å². The van der Waals surface area contributed by atoms with Crippen molar-refractivity contribution < 1.29 is 0 Å². The highest BCUT2D eigenvalue weighted by molar-refractivity contribution is 5.33. The van der Waals surface area contributed by atoms with Crippen LogP contribution >= 0.6 is 0 Å². The molecule has 0 bridgehead atoms. The van der Waals surface area contributed by atoms with Crippen molar-refractivity contribution in [2.45, 2.75) is 265 Å². The van der Waals surface area contributed by atoms with E-state index in [0.717, 1.165) is 64.2 Å². The molecule has 5 atom stereocenters. The molecule has 3 aliphatic rings. The maximum atomic E-state index is 6.53. The highest BCUT2D eigenvalue weighted by atomic mass is 14.8. The number of nitrogens with two attached hydrogens (primary N) is 3. The van der Waals surface area contributed by atoms with Crippen molar-refractivity contribution in [3.63, 3.8) is 0 Å². The van der Waals surface area contributed by atoms with Crippen molar-refractivity contribution in [3.8, 4) is 0 Å². The first-order chi connectivity index (χ1) is 33.5. The highest BCUT2D eigenvalue weighted by Crippen LogP contribution is 2.35. The SMILES string of the molecule is C.CCCCCCCCc1ccc(CC2=CCCC2(N)CC)cc1.CCCCCCCCc1ccc(CC2C=CCC2(N)CC)cc1.CCCCCCCCc1ccc(CC2CC=CC2(N)CC)cc1. The van der Waals surface area contributed by atoms with Crippen molar-refractivity contribution in [1.82, 2.24) is 0 Å². The van der Waals surface area contributed by atoms with E-state index in [1.807, 2.05) is 0 Å². The normalized spacial score (nSPS) is 22.3. The van der Waals surface area contributed by atoms with E-state index in [9.17, 15) is 0 Å². The third-order valence-corrected chi connectivity index (χ3v) is 16.6. The molecule has 0 saturated carbocycles. The van der Waals surface area contributed by atoms with Crippen LogP contribution in [0.25, 0.3) is 0 Å². The molecule has 392 valence electrons. The Morgan fingerprint density at radius 1 is 0.471 bits per heavy atom. The molecule has 5 unspecified atom stereocenters. The summed E-state index contributed by atoms with van der Waals surface area (Å²) in [6.07, 6.45) is 50.6. The van der Waals surface area contributed by atoms with E-state index in [1.54, 1.807) is 0 Å². The van der Waals surface area contributed by atoms with E-state index in [2.05, 4.69) is 145 Å². The maximum absolute atomic E-state index is 6.53. The number of hydrogen-bond acceptors (Lipinski definition) is 3. The first-order valence-corrected chi connectivity index (χ1v) is 29.2. The molecule has 0 saturated heterocycles. The van der Waals surface area contributed by atoms with Gasteiger partial charge in [-0.2, -0.15) is 0 Å². The van der Waals surface area contributed by atoms with Gasteiger partial charge in [-0.25, -0.2) is 0 Å². The Kier molecular flexibility index (Phi) is 29.9. The molecule has 6 rings (SSSR count). The van der Waals surface area contributed by atoms with E-state index < -0.39 is 0 Å². The van der Waals surface area contributed by atoms with E-state index in [4.69, 9.17) is 17.2 Å². The molecular formula is C67H109N3. The molecule has 70 heavy (non-hydrogen) atoms. The number of hydrogen-bond donors (Lipinski definition) is 3. The second-order valence-electron chi connectivity index (χ2n) is 22.0. The number of aryl methyl sites for hydroxylation is 3. The van der Waals surface area contributed by atoms with Crippen LogP contribution in [-0.4, -0.2) is 16.6 Å². The Hall–Kier alpha value is -3.24. The summed E-state index contributed by atoms with van der Waals surface area (Å²) in [5.41, 5.74) is 29.6. The molecule has 0 heterocycles. The topological polar surface area (TPSA) is 78.1 Å². The molecular weight excluding hydrogens is 847 g/mol. The van der Waals surface area contributed by atoms with Crippen LogP contribution in [0.1, 0.15) is 243 Å². The zero-order valence-corrected chi connectivity index (χ0v) is 45.6. The van der Waals surface area contributed by atoms with Gasteiger partial charge in [-0.15, -0.1) is 0 Å². The molecule has 0 spiro atoms. The summed E-state index contributed by atoms with van der Waals surface area (Å²) in [5, 5.41) is 0. The Morgan fingerprint density at radius 3 is 1.34 bits per heavy atom. The minimum Gasteiger partial charge on any atom is -0.324 e. The second kappa shape index (κ2) is 34.2. The number of allylic oxidation sites excluding steroid dienone is 2. The van der Waals surface area contributed by atoms with Gasteiger partial charge in [0.25, 0.3) is 0 Å². The largest absolute Gasteiger partial charge is 0.324 e. The summed E-state index contributed by atoms with van der Waals surface area (Å²) in [4.78, 5) is 0. The predicted molar refractivity (Wildman–Crippen MR) is 312 cm³/mol. The lowest BCUT2D eigenvalue weighted by Crippen LogP contribution is -2.43. The summed E-state index contributed by atoms with van der Waals surface area (Å²) in [6, 6.07) is 27.8. The second-order valence-corrected chi connectivity index (χ2v) is 22.0.